The number of aliphatic hydroxyl groups is 1. The van der Waals surface area contributed by atoms with Crippen molar-refractivity contribution in [2.24, 2.45) is 0 Å². The summed E-state index contributed by atoms with van der Waals surface area (Å²) in [5.74, 6) is 0. The molecule has 1 aromatic heterocycles. The number of aliphatic hydroxyl groups excluding tert-OH is 1. The molecule has 0 unspecified atom stereocenters. The molecule has 0 aliphatic heterocycles. The van der Waals surface area contributed by atoms with Crippen LogP contribution in [0.2, 0.25) is 0 Å². The van der Waals surface area contributed by atoms with Gasteiger partial charge in [-0.05, 0) is 11.5 Å². The van der Waals surface area contributed by atoms with Crippen molar-refractivity contribution >= 4 is 10.9 Å². The molecule has 98 valence electrons. The highest BCUT2D eigenvalue weighted by Crippen LogP contribution is 2.20. The molecule has 0 aliphatic rings. The highest BCUT2D eigenvalue weighted by atomic mass is 16.5. The molecule has 2 rings (SSSR count). The SMILES string of the molecule is COCCOCCn1ccc2cccc(CO)c21. The standard InChI is InChI=1S/C14H19NO3/c1-17-9-10-18-8-7-15-6-5-12-3-2-4-13(11-16)14(12)15/h2-6,16H,7-11H2,1H3. The highest BCUT2D eigenvalue weighted by molar-refractivity contribution is 5.83. The van der Waals surface area contributed by atoms with Gasteiger partial charge in [-0.1, -0.05) is 18.2 Å². The van der Waals surface area contributed by atoms with Crippen molar-refractivity contribution in [3.8, 4) is 0 Å². The predicted octanol–water partition coefficient (Wildman–Crippen LogP) is 1.80. The minimum atomic E-state index is 0.0614. The maximum atomic E-state index is 9.36. The molecule has 0 fully saturated rings. The van der Waals surface area contributed by atoms with Crippen LogP contribution in [0.1, 0.15) is 5.56 Å². The van der Waals surface area contributed by atoms with Crippen LogP contribution in [-0.4, -0.2) is 36.6 Å². The van der Waals surface area contributed by atoms with E-state index in [4.69, 9.17) is 9.47 Å². The van der Waals surface area contributed by atoms with E-state index in [0.717, 1.165) is 23.0 Å². The van der Waals surface area contributed by atoms with E-state index in [1.165, 1.54) is 0 Å². The Labute approximate surface area is 107 Å². The lowest BCUT2D eigenvalue weighted by Crippen LogP contribution is -2.09. The zero-order valence-electron chi connectivity index (χ0n) is 10.6. The van der Waals surface area contributed by atoms with E-state index >= 15 is 0 Å². The molecule has 1 N–H and O–H groups in total. The van der Waals surface area contributed by atoms with E-state index in [2.05, 4.69) is 16.7 Å². The molecule has 4 heteroatoms. The number of rotatable bonds is 7. The highest BCUT2D eigenvalue weighted by Gasteiger charge is 2.05. The summed E-state index contributed by atoms with van der Waals surface area (Å²) >= 11 is 0. The summed E-state index contributed by atoms with van der Waals surface area (Å²) in [6.45, 7) is 2.72. The molecule has 1 aromatic carbocycles. The third kappa shape index (κ3) is 2.90. The van der Waals surface area contributed by atoms with Crippen LogP contribution in [0.25, 0.3) is 10.9 Å². The molecule has 2 aromatic rings. The summed E-state index contributed by atoms with van der Waals surface area (Å²) in [5, 5.41) is 10.5. The van der Waals surface area contributed by atoms with Gasteiger partial charge in [-0.25, -0.2) is 0 Å². The number of hydrogen-bond donors (Lipinski definition) is 1. The average molecular weight is 249 g/mol. The zero-order valence-corrected chi connectivity index (χ0v) is 10.6. The molecule has 18 heavy (non-hydrogen) atoms. The summed E-state index contributed by atoms with van der Waals surface area (Å²) in [5.41, 5.74) is 2.05. The van der Waals surface area contributed by atoms with Crippen LogP contribution in [0.4, 0.5) is 0 Å². The van der Waals surface area contributed by atoms with E-state index in [1.807, 2.05) is 18.3 Å². The number of fused-ring (bicyclic) bond motifs is 1. The summed E-state index contributed by atoms with van der Waals surface area (Å²) in [6, 6.07) is 8.03. The topological polar surface area (TPSA) is 43.6 Å². The van der Waals surface area contributed by atoms with Crippen LogP contribution >= 0.6 is 0 Å². The van der Waals surface area contributed by atoms with Crippen molar-refractivity contribution in [2.45, 2.75) is 13.2 Å². The van der Waals surface area contributed by atoms with Gasteiger partial charge < -0.3 is 19.1 Å². The smallest absolute Gasteiger partial charge is 0.0702 e. The Morgan fingerprint density at radius 2 is 2.06 bits per heavy atom. The molecule has 0 bridgehead atoms. The summed E-state index contributed by atoms with van der Waals surface area (Å²) in [4.78, 5) is 0. The first-order valence-corrected chi connectivity index (χ1v) is 6.11. The van der Waals surface area contributed by atoms with Crippen molar-refractivity contribution in [3.05, 3.63) is 36.0 Å². The van der Waals surface area contributed by atoms with Gasteiger partial charge in [0.2, 0.25) is 0 Å². The molecule has 0 spiro atoms. The largest absolute Gasteiger partial charge is 0.392 e. The van der Waals surface area contributed by atoms with Crippen LogP contribution in [0.3, 0.4) is 0 Å². The number of hydrogen-bond acceptors (Lipinski definition) is 3. The Kier molecular flexibility index (Phi) is 4.75. The van der Waals surface area contributed by atoms with Gasteiger partial charge in [-0.2, -0.15) is 0 Å². The number of ether oxygens (including phenoxy) is 2. The van der Waals surface area contributed by atoms with Gasteiger partial charge in [0.1, 0.15) is 0 Å². The first-order chi connectivity index (χ1) is 8.86. The lowest BCUT2D eigenvalue weighted by Gasteiger charge is -2.09. The Morgan fingerprint density at radius 1 is 1.17 bits per heavy atom. The first kappa shape index (κ1) is 13.1. The molecule has 1 heterocycles. The maximum Gasteiger partial charge on any atom is 0.0702 e. The van der Waals surface area contributed by atoms with Crippen LogP contribution in [0.5, 0.6) is 0 Å². The van der Waals surface area contributed by atoms with Gasteiger partial charge in [0.25, 0.3) is 0 Å². The second-order valence-corrected chi connectivity index (χ2v) is 4.13. The number of para-hydroxylation sites is 1. The third-order valence-electron chi connectivity index (χ3n) is 2.95. The fraction of sp³-hybridized carbons (Fsp3) is 0.429. The van der Waals surface area contributed by atoms with Gasteiger partial charge in [-0.3, -0.25) is 0 Å². The molecular formula is C14H19NO3. The van der Waals surface area contributed by atoms with E-state index in [0.29, 0.717) is 19.8 Å². The van der Waals surface area contributed by atoms with Gasteiger partial charge >= 0.3 is 0 Å². The van der Waals surface area contributed by atoms with Crippen LogP contribution in [0, 0.1) is 0 Å². The van der Waals surface area contributed by atoms with Crippen molar-refractivity contribution in [1.29, 1.82) is 0 Å². The summed E-state index contributed by atoms with van der Waals surface area (Å²) in [6.07, 6.45) is 2.03. The van der Waals surface area contributed by atoms with Gasteiger partial charge in [0, 0.05) is 25.4 Å². The molecule has 0 atom stereocenters. The number of nitrogens with zero attached hydrogens (tertiary/aromatic N) is 1. The fourth-order valence-corrected chi connectivity index (χ4v) is 2.06. The van der Waals surface area contributed by atoms with Crippen molar-refractivity contribution in [3.63, 3.8) is 0 Å². The Morgan fingerprint density at radius 3 is 2.83 bits per heavy atom. The third-order valence-corrected chi connectivity index (χ3v) is 2.95. The van der Waals surface area contributed by atoms with Crippen molar-refractivity contribution in [2.75, 3.05) is 26.9 Å². The molecule has 0 saturated heterocycles. The predicted molar refractivity (Wildman–Crippen MR) is 70.6 cm³/mol. The molecule has 0 radical (unpaired) electrons. The van der Waals surface area contributed by atoms with E-state index < -0.39 is 0 Å². The zero-order chi connectivity index (χ0) is 12.8. The Bertz CT molecular complexity index is 493. The van der Waals surface area contributed by atoms with Gasteiger partial charge in [0.15, 0.2) is 0 Å². The number of aromatic nitrogens is 1. The van der Waals surface area contributed by atoms with Crippen LogP contribution in [0.15, 0.2) is 30.5 Å². The lowest BCUT2D eigenvalue weighted by atomic mass is 10.1. The molecule has 0 amide bonds. The monoisotopic (exact) mass is 249 g/mol. The minimum Gasteiger partial charge on any atom is -0.392 e. The summed E-state index contributed by atoms with van der Waals surface area (Å²) in [7, 11) is 1.66. The normalized spacial score (nSPS) is 11.2. The van der Waals surface area contributed by atoms with Crippen LogP contribution in [-0.2, 0) is 22.6 Å². The van der Waals surface area contributed by atoms with Crippen molar-refractivity contribution in [1.82, 2.24) is 4.57 Å². The lowest BCUT2D eigenvalue weighted by molar-refractivity contribution is 0.0670. The molecular weight excluding hydrogens is 230 g/mol. The average Bonchev–Trinajstić information content (AvgIpc) is 2.82. The Hall–Kier alpha value is -1.36. The molecule has 0 aliphatic carbocycles. The first-order valence-electron chi connectivity index (χ1n) is 6.11. The maximum absolute atomic E-state index is 9.36. The van der Waals surface area contributed by atoms with Crippen molar-refractivity contribution < 1.29 is 14.6 Å². The Balaban J connectivity index is 2.04. The van der Waals surface area contributed by atoms with E-state index in [-0.39, 0.29) is 6.61 Å². The second kappa shape index (κ2) is 6.54. The molecule has 0 saturated carbocycles. The van der Waals surface area contributed by atoms with Gasteiger partial charge in [0.05, 0.1) is 31.9 Å². The summed E-state index contributed by atoms with van der Waals surface area (Å²) < 4.78 is 12.5. The van der Waals surface area contributed by atoms with E-state index in [9.17, 15) is 5.11 Å². The molecule has 4 nitrogen and oxygen atoms in total. The van der Waals surface area contributed by atoms with E-state index in [1.54, 1.807) is 7.11 Å². The quantitative estimate of drug-likeness (QED) is 0.761. The second-order valence-electron chi connectivity index (χ2n) is 4.13. The van der Waals surface area contributed by atoms with Gasteiger partial charge in [-0.15, -0.1) is 0 Å². The fourth-order valence-electron chi connectivity index (χ4n) is 2.06. The minimum absolute atomic E-state index is 0.0614. The van der Waals surface area contributed by atoms with Crippen LogP contribution < -0.4 is 0 Å². The number of methoxy groups -OCH3 is 1. The number of benzene rings is 1.